The van der Waals surface area contributed by atoms with E-state index in [-0.39, 0.29) is 17.4 Å². The number of carbonyl (C=O) groups excluding carboxylic acids is 2. The number of Topliss-reactive ketones (excluding diaryl/α,β-unsaturated/α-hetero) is 1. The minimum Gasteiger partial charge on any atom is -0.426 e. The maximum Gasteiger partial charge on any atom is 0.308 e. The largest absolute Gasteiger partial charge is 0.426 e. The van der Waals surface area contributed by atoms with Crippen molar-refractivity contribution < 1.29 is 14.3 Å². The first-order chi connectivity index (χ1) is 7.88. The van der Waals surface area contributed by atoms with Gasteiger partial charge in [0.1, 0.15) is 5.75 Å². The zero-order valence-corrected chi connectivity index (χ0v) is 10.9. The van der Waals surface area contributed by atoms with Crippen molar-refractivity contribution in [1.29, 1.82) is 0 Å². The summed E-state index contributed by atoms with van der Waals surface area (Å²) in [5, 5.41) is 0. The molecule has 0 bridgehead atoms. The Morgan fingerprint density at radius 1 is 1.29 bits per heavy atom. The van der Waals surface area contributed by atoms with Gasteiger partial charge in [-0.1, -0.05) is 26.0 Å². The SMILES string of the molecule is CC(=O)Oc1ccccc1C(=O)C(C)(C)CCl. The lowest BCUT2D eigenvalue weighted by Crippen LogP contribution is -2.26. The van der Waals surface area contributed by atoms with Gasteiger partial charge in [0.05, 0.1) is 5.56 Å². The van der Waals surface area contributed by atoms with Gasteiger partial charge in [0, 0.05) is 18.2 Å². The van der Waals surface area contributed by atoms with E-state index in [2.05, 4.69) is 0 Å². The van der Waals surface area contributed by atoms with E-state index < -0.39 is 11.4 Å². The first-order valence-electron chi connectivity index (χ1n) is 5.26. The van der Waals surface area contributed by atoms with Gasteiger partial charge in [0.15, 0.2) is 5.78 Å². The monoisotopic (exact) mass is 254 g/mol. The third-order valence-electron chi connectivity index (χ3n) is 2.33. The molecule has 1 aromatic carbocycles. The standard InChI is InChI=1S/C13H15ClO3/c1-9(15)17-11-7-5-4-6-10(11)12(16)13(2,3)8-14/h4-7H,8H2,1-3H3. The van der Waals surface area contributed by atoms with E-state index in [4.69, 9.17) is 16.3 Å². The van der Waals surface area contributed by atoms with Gasteiger partial charge in [-0.3, -0.25) is 9.59 Å². The second-order valence-electron chi connectivity index (χ2n) is 4.44. The summed E-state index contributed by atoms with van der Waals surface area (Å²) in [7, 11) is 0. The summed E-state index contributed by atoms with van der Waals surface area (Å²) in [6, 6.07) is 6.67. The van der Waals surface area contributed by atoms with Crippen molar-refractivity contribution in [2.45, 2.75) is 20.8 Å². The summed E-state index contributed by atoms with van der Waals surface area (Å²) in [6.45, 7) is 4.81. The molecule has 0 amide bonds. The highest BCUT2D eigenvalue weighted by atomic mass is 35.5. The van der Waals surface area contributed by atoms with Crippen molar-refractivity contribution in [2.75, 3.05) is 5.88 Å². The number of benzene rings is 1. The summed E-state index contributed by atoms with van der Waals surface area (Å²) >= 11 is 5.77. The predicted octanol–water partition coefficient (Wildman–Crippen LogP) is 3.06. The van der Waals surface area contributed by atoms with Crippen molar-refractivity contribution in [3.8, 4) is 5.75 Å². The number of carbonyl (C=O) groups is 2. The Morgan fingerprint density at radius 2 is 1.88 bits per heavy atom. The Bertz CT molecular complexity index is 438. The molecule has 0 unspecified atom stereocenters. The Kier molecular flexibility index (Phi) is 4.29. The van der Waals surface area contributed by atoms with Crippen molar-refractivity contribution in [3.05, 3.63) is 29.8 Å². The number of halogens is 1. The number of ketones is 1. The molecule has 0 heterocycles. The molecule has 0 radical (unpaired) electrons. The lowest BCUT2D eigenvalue weighted by molar-refractivity contribution is -0.131. The molecule has 0 aliphatic heterocycles. The van der Waals surface area contributed by atoms with Crippen LogP contribution in [0.5, 0.6) is 5.75 Å². The zero-order valence-electron chi connectivity index (χ0n) is 10.1. The van der Waals surface area contributed by atoms with Crippen molar-refractivity contribution in [1.82, 2.24) is 0 Å². The Balaban J connectivity index is 3.13. The summed E-state index contributed by atoms with van der Waals surface area (Å²) < 4.78 is 5.00. The molecule has 0 N–H and O–H groups in total. The van der Waals surface area contributed by atoms with Crippen LogP contribution in [0.2, 0.25) is 0 Å². The molecule has 0 aliphatic carbocycles. The third-order valence-corrected chi connectivity index (χ3v) is 3.00. The average molecular weight is 255 g/mol. The molecule has 92 valence electrons. The van der Waals surface area contributed by atoms with Gasteiger partial charge in [0.25, 0.3) is 0 Å². The first kappa shape index (κ1) is 13.7. The van der Waals surface area contributed by atoms with Crippen molar-refractivity contribution in [3.63, 3.8) is 0 Å². The maximum absolute atomic E-state index is 12.2. The molecule has 0 aliphatic rings. The number of rotatable bonds is 4. The highest BCUT2D eigenvalue weighted by Crippen LogP contribution is 2.28. The van der Waals surface area contributed by atoms with E-state index >= 15 is 0 Å². The van der Waals surface area contributed by atoms with Crippen LogP contribution in [0.4, 0.5) is 0 Å². The molecule has 17 heavy (non-hydrogen) atoms. The van der Waals surface area contributed by atoms with E-state index in [1.807, 2.05) is 0 Å². The van der Waals surface area contributed by atoms with Crippen LogP contribution < -0.4 is 4.74 Å². The van der Waals surface area contributed by atoms with E-state index in [0.29, 0.717) is 5.56 Å². The summed E-state index contributed by atoms with van der Waals surface area (Å²) in [6.07, 6.45) is 0. The molecular formula is C13H15ClO3. The van der Waals surface area contributed by atoms with Gasteiger partial charge >= 0.3 is 5.97 Å². The average Bonchev–Trinajstić information content (AvgIpc) is 2.28. The van der Waals surface area contributed by atoms with E-state index in [1.54, 1.807) is 38.1 Å². The van der Waals surface area contributed by atoms with Crippen LogP contribution in [-0.2, 0) is 4.79 Å². The van der Waals surface area contributed by atoms with Gasteiger partial charge < -0.3 is 4.74 Å². The Labute approximate surface area is 106 Å². The molecule has 0 fully saturated rings. The lowest BCUT2D eigenvalue weighted by atomic mass is 9.86. The fraction of sp³-hybridized carbons (Fsp3) is 0.385. The molecule has 0 aromatic heterocycles. The first-order valence-corrected chi connectivity index (χ1v) is 5.80. The topological polar surface area (TPSA) is 43.4 Å². The number of hydrogen-bond acceptors (Lipinski definition) is 3. The summed E-state index contributed by atoms with van der Waals surface area (Å²) in [5.41, 5.74) is -0.300. The van der Waals surface area contributed by atoms with E-state index in [9.17, 15) is 9.59 Å². The normalized spacial score (nSPS) is 11.1. The van der Waals surface area contributed by atoms with Gasteiger partial charge in [-0.2, -0.15) is 0 Å². The molecule has 0 spiro atoms. The summed E-state index contributed by atoms with van der Waals surface area (Å²) in [4.78, 5) is 23.2. The summed E-state index contributed by atoms with van der Waals surface area (Å²) in [5.74, 6) is -0.0956. The van der Waals surface area contributed by atoms with Crippen LogP contribution in [0, 0.1) is 5.41 Å². The van der Waals surface area contributed by atoms with Crippen molar-refractivity contribution >= 4 is 23.4 Å². The number of ether oxygens (including phenoxy) is 1. The van der Waals surface area contributed by atoms with Crippen LogP contribution in [-0.4, -0.2) is 17.6 Å². The molecule has 1 aromatic rings. The quantitative estimate of drug-likeness (QED) is 0.359. The minimum atomic E-state index is -0.683. The molecular weight excluding hydrogens is 240 g/mol. The molecule has 3 nitrogen and oxygen atoms in total. The second kappa shape index (κ2) is 5.32. The second-order valence-corrected chi connectivity index (χ2v) is 4.70. The molecule has 0 saturated heterocycles. The van der Waals surface area contributed by atoms with E-state index in [0.717, 1.165) is 0 Å². The zero-order chi connectivity index (χ0) is 13.1. The fourth-order valence-corrected chi connectivity index (χ4v) is 1.44. The minimum absolute atomic E-state index is 0.135. The smallest absolute Gasteiger partial charge is 0.308 e. The van der Waals surface area contributed by atoms with Crippen LogP contribution in [0.1, 0.15) is 31.1 Å². The molecule has 1 rings (SSSR count). The fourth-order valence-electron chi connectivity index (χ4n) is 1.32. The van der Waals surface area contributed by atoms with Gasteiger partial charge in [-0.05, 0) is 12.1 Å². The number of esters is 1. The molecule has 0 saturated carbocycles. The van der Waals surface area contributed by atoms with Gasteiger partial charge in [0.2, 0.25) is 0 Å². The number of para-hydroxylation sites is 1. The highest BCUT2D eigenvalue weighted by molar-refractivity contribution is 6.21. The number of hydrogen-bond donors (Lipinski definition) is 0. The number of alkyl halides is 1. The van der Waals surface area contributed by atoms with Crippen LogP contribution in [0.3, 0.4) is 0 Å². The lowest BCUT2D eigenvalue weighted by Gasteiger charge is -2.20. The Hall–Kier alpha value is -1.35. The third kappa shape index (κ3) is 3.30. The predicted molar refractivity (Wildman–Crippen MR) is 66.6 cm³/mol. The molecule has 4 heteroatoms. The van der Waals surface area contributed by atoms with Crippen LogP contribution in [0.25, 0.3) is 0 Å². The molecule has 0 atom stereocenters. The Morgan fingerprint density at radius 3 is 2.41 bits per heavy atom. The highest BCUT2D eigenvalue weighted by Gasteiger charge is 2.29. The van der Waals surface area contributed by atoms with Crippen LogP contribution >= 0.6 is 11.6 Å². The van der Waals surface area contributed by atoms with Crippen LogP contribution in [0.15, 0.2) is 24.3 Å². The van der Waals surface area contributed by atoms with Crippen molar-refractivity contribution in [2.24, 2.45) is 5.41 Å². The van der Waals surface area contributed by atoms with Gasteiger partial charge in [-0.15, -0.1) is 11.6 Å². The van der Waals surface area contributed by atoms with E-state index in [1.165, 1.54) is 6.92 Å². The van der Waals surface area contributed by atoms with Gasteiger partial charge in [-0.25, -0.2) is 0 Å². The maximum atomic E-state index is 12.2.